The molecule has 0 aliphatic carbocycles. The van der Waals surface area contributed by atoms with Crippen LogP contribution in [-0.2, 0) is 4.74 Å². The summed E-state index contributed by atoms with van der Waals surface area (Å²) in [5.41, 5.74) is 6.27. The van der Waals surface area contributed by atoms with Crippen molar-refractivity contribution in [3.8, 4) is 6.07 Å². The standard InChI is InChI=1S/C23H30FN7O3/c1-29(2)13-14-34-23(33)30-11-8-16(9-12-30)20(7-10-25)31-15-19(21(26)32)22(28-31)27-18-5-3-17(24)4-6-18/h3-6,15-16,20H,7-9,11-14H2,1-2H3,(H2,26,32)(H,27,28). The second-order valence-electron chi connectivity index (χ2n) is 8.54. The number of halogens is 1. The summed E-state index contributed by atoms with van der Waals surface area (Å²) < 4.78 is 20.1. The number of primary amides is 1. The summed E-state index contributed by atoms with van der Waals surface area (Å²) in [7, 11) is 3.82. The van der Waals surface area contributed by atoms with Crippen LogP contribution in [0.25, 0.3) is 0 Å². The number of amides is 2. The molecule has 34 heavy (non-hydrogen) atoms. The molecule has 3 rings (SSSR count). The van der Waals surface area contributed by atoms with Crippen LogP contribution in [0.4, 0.5) is 20.7 Å². The van der Waals surface area contributed by atoms with Gasteiger partial charge in [0.25, 0.3) is 5.91 Å². The minimum atomic E-state index is -0.665. The number of hydrogen-bond acceptors (Lipinski definition) is 7. The number of carbonyl (C=O) groups excluding carboxylic acids is 2. The van der Waals surface area contributed by atoms with E-state index in [0.29, 0.717) is 44.8 Å². The van der Waals surface area contributed by atoms with Gasteiger partial charge < -0.3 is 25.6 Å². The van der Waals surface area contributed by atoms with Crippen molar-refractivity contribution >= 4 is 23.5 Å². The first kappa shape index (κ1) is 25.0. The number of likely N-dealkylation sites (N-methyl/N-ethyl adjacent to an activating group) is 1. The molecule has 11 heteroatoms. The van der Waals surface area contributed by atoms with Crippen LogP contribution < -0.4 is 11.1 Å². The lowest BCUT2D eigenvalue weighted by atomic mass is 9.88. The number of hydrogen-bond donors (Lipinski definition) is 2. The lowest BCUT2D eigenvalue weighted by molar-refractivity contribution is 0.0760. The Morgan fingerprint density at radius 2 is 2.00 bits per heavy atom. The Morgan fingerprint density at radius 3 is 2.59 bits per heavy atom. The number of rotatable bonds is 9. The van der Waals surface area contributed by atoms with Gasteiger partial charge >= 0.3 is 6.09 Å². The van der Waals surface area contributed by atoms with Gasteiger partial charge in [0.1, 0.15) is 18.0 Å². The van der Waals surface area contributed by atoms with Crippen molar-refractivity contribution in [3.05, 3.63) is 41.8 Å². The van der Waals surface area contributed by atoms with Gasteiger partial charge in [0, 0.05) is 31.5 Å². The molecule has 1 aliphatic heterocycles. The first-order valence-electron chi connectivity index (χ1n) is 11.1. The molecule has 2 amide bonds. The van der Waals surface area contributed by atoms with E-state index in [4.69, 9.17) is 10.5 Å². The molecule has 182 valence electrons. The predicted molar refractivity (Wildman–Crippen MR) is 124 cm³/mol. The Morgan fingerprint density at radius 1 is 1.32 bits per heavy atom. The molecular weight excluding hydrogens is 441 g/mol. The number of piperidine rings is 1. The van der Waals surface area contributed by atoms with Crippen molar-refractivity contribution in [2.75, 3.05) is 45.7 Å². The number of nitrogens with zero attached hydrogens (tertiary/aromatic N) is 5. The summed E-state index contributed by atoms with van der Waals surface area (Å²) in [6.45, 7) is 2.01. The van der Waals surface area contributed by atoms with E-state index in [2.05, 4.69) is 16.5 Å². The number of ether oxygens (including phenoxy) is 1. The van der Waals surface area contributed by atoms with Gasteiger partial charge in [0.2, 0.25) is 0 Å². The summed E-state index contributed by atoms with van der Waals surface area (Å²) in [5, 5.41) is 16.9. The molecular formula is C23H30FN7O3. The number of nitrogens with two attached hydrogens (primary N) is 1. The molecule has 0 saturated carbocycles. The largest absolute Gasteiger partial charge is 0.448 e. The number of nitriles is 1. The number of benzene rings is 1. The zero-order valence-corrected chi connectivity index (χ0v) is 19.4. The monoisotopic (exact) mass is 471 g/mol. The number of likely N-dealkylation sites (tertiary alicyclic amines) is 1. The maximum atomic E-state index is 13.2. The number of aromatic nitrogens is 2. The van der Waals surface area contributed by atoms with Crippen LogP contribution in [0.1, 0.15) is 35.7 Å². The summed E-state index contributed by atoms with van der Waals surface area (Å²) in [6.07, 6.45) is 2.73. The van der Waals surface area contributed by atoms with Crippen molar-refractivity contribution in [1.82, 2.24) is 19.6 Å². The fourth-order valence-electron chi connectivity index (χ4n) is 3.95. The predicted octanol–water partition coefficient (Wildman–Crippen LogP) is 2.73. The third-order valence-corrected chi connectivity index (χ3v) is 5.85. The summed E-state index contributed by atoms with van der Waals surface area (Å²) >= 11 is 0. The van der Waals surface area contributed by atoms with E-state index in [9.17, 15) is 19.2 Å². The summed E-state index contributed by atoms with van der Waals surface area (Å²) in [6, 6.07) is 7.55. The first-order valence-corrected chi connectivity index (χ1v) is 11.1. The maximum Gasteiger partial charge on any atom is 0.409 e. The fraction of sp³-hybridized carbons (Fsp3) is 0.478. The van der Waals surface area contributed by atoms with Crippen LogP contribution in [0.2, 0.25) is 0 Å². The summed E-state index contributed by atoms with van der Waals surface area (Å²) in [4.78, 5) is 27.9. The molecule has 1 aromatic carbocycles. The molecule has 3 N–H and O–H groups in total. The average Bonchev–Trinajstić information content (AvgIpc) is 3.22. The number of carbonyl (C=O) groups is 2. The molecule has 1 unspecified atom stereocenters. The normalized spacial score (nSPS) is 15.1. The van der Waals surface area contributed by atoms with Gasteiger partial charge in [-0.15, -0.1) is 0 Å². The molecule has 0 radical (unpaired) electrons. The highest BCUT2D eigenvalue weighted by Gasteiger charge is 2.31. The smallest absolute Gasteiger partial charge is 0.409 e. The van der Waals surface area contributed by atoms with Crippen LogP contribution in [-0.4, -0.2) is 71.9 Å². The first-order chi connectivity index (χ1) is 16.3. The van der Waals surface area contributed by atoms with E-state index >= 15 is 0 Å². The number of anilines is 2. The molecule has 0 spiro atoms. The van der Waals surface area contributed by atoms with Gasteiger partial charge in [-0.2, -0.15) is 10.4 Å². The lowest BCUT2D eigenvalue weighted by Crippen LogP contribution is -2.41. The second-order valence-corrected chi connectivity index (χ2v) is 8.54. The quantitative estimate of drug-likeness (QED) is 0.575. The topological polar surface area (TPSA) is 130 Å². The van der Waals surface area contributed by atoms with Gasteiger partial charge in [-0.3, -0.25) is 9.48 Å². The molecule has 1 aromatic heterocycles. The zero-order valence-electron chi connectivity index (χ0n) is 19.4. The molecule has 1 saturated heterocycles. The Balaban J connectivity index is 1.70. The second kappa shape index (κ2) is 11.5. The summed E-state index contributed by atoms with van der Waals surface area (Å²) in [5.74, 6) is -0.733. The Hall–Kier alpha value is -3.65. The molecule has 10 nitrogen and oxygen atoms in total. The Bertz CT molecular complexity index is 1020. The van der Waals surface area contributed by atoms with Crippen molar-refractivity contribution in [1.29, 1.82) is 5.26 Å². The highest BCUT2D eigenvalue weighted by molar-refractivity contribution is 5.98. The Labute approximate surface area is 198 Å². The fourth-order valence-corrected chi connectivity index (χ4v) is 3.95. The third-order valence-electron chi connectivity index (χ3n) is 5.85. The maximum absolute atomic E-state index is 13.2. The van der Waals surface area contributed by atoms with Gasteiger partial charge in [-0.1, -0.05) is 0 Å². The van der Waals surface area contributed by atoms with Crippen LogP contribution >= 0.6 is 0 Å². The Kier molecular flexibility index (Phi) is 8.43. The van der Waals surface area contributed by atoms with Crippen LogP contribution in [0.3, 0.4) is 0 Å². The SMILES string of the molecule is CN(C)CCOC(=O)N1CCC(C(CC#N)n2cc(C(N)=O)c(Nc3ccc(F)cc3)n2)CC1. The van der Waals surface area contributed by atoms with Gasteiger partial charge in [0.15, 0.2) is 5.82 Å². The van der Waals surface area contributed by atoms with E-state index < -0.39 is 5.91 Å². The van der Waals surface area contributed by atoms with E-state index in [1.165, 1.54) is 30.5 Å². The van der Waals surface area contributed by atoms with Crippen molar-refractivity contribution in [2.45, 2.75) is 25.3 Å². The van der Waals surface area contributed by atoms with Crippen LogP contribution in [0.15, 0.2) is 30.5 Å². The van der Waals surface area contributed by atoms with E-state index in [1.54, 1.807) is 9.58 Å². The van der Waals surface area contributed by atoms with Crippen molar-refractivity contribution in [3.63, 3.8) is 0 Å². The number of nitrogens with one attached hydrogen (secondary N) is 1. The lowest BCUT2D eigenvalue weighted by Gasteiger charge is -2.35. The molecule has 1 aliphatic rings. The molecule has 2 heterocycles. The average molecular weight is 472 g/mol. The molecule has 1 atom stereocenters. The zero-order chi connectivity index (χ0) is 24.7. The highest BCUT2D eigenvalue weighted by atomic mass is 19.1. The van der Waals surface area contributed by atoms with Gasteiger partial charge in [-0.05, 0) is 57.1 Å². The molecule has 1 fully saturated rings. The van der Waals surface area contributed by atoms with Crippen LogP contribution in [0.5, 0.6) is 0 Å². The van der Waals surface area contributed by atoms with E-state index in [0.717, 1.165) is 0 Å². The van der Waals surface area contributed by atoms with E-state index in [1.807, 2.05) is 19.0 Å². The van der Waals surface area contributed by atoms with Gasteiger partial charge in [-0.25, -0.2) is 9.18 Å². The third kappa shape index (κ3) is 6.45. The van der Waals surface area contributed by atoms with Crippen LogP contribution in [0, 0.1) is 23.1 Å². The highest BCUT2D eigenvalue weighted by Crippen LogP contribution is 2.33. The minimum Gasteiger partial charge on any atom is -0.448 e. The van der Waals surface area contributed by atoms with E-state index in [-0.39, 0.29) is 41.7 Å². The minimum absolute atomic E-state index is 0.0739. The van der Waals surface area contributed by atoms with Gasteiger partial charge in [0.05, 0.1) is 18.5 Å². The molecule has 2 aromatic rings. The van der Waals surface area contributed by atoms with Crippen molar-refractivity contribution < 1.29 is 18.7 Å². The molecule has 0 bridgehead atoms. The van der Waals surface area contributed by atoms with Crippen molar-refractivity contribution in [2.24, 2.45) is 11.7 Å².